The Labute approximate surface area is 174 Å². The Hall–Kier alpha value is -3.61. The molecule has 3 aromatic rings. The van der Waals surface area contributed by atoms with Gasteiger partial charge in [0.25, 0.3) is 0 Å². The highest BCUT2D eigenvalue weighted by Crippen LogP contribution is 2.25. The third-order valence-corrected chi connectivity index (χ3v) is 5.46. The van der Waals surface area contributed by atoms with E-state index in [9.17, 15) is 14.4 Å². The van der Waals surface area contributed by atoms with Crippen LogP contribution in [0.15, 0.2) is 60.8 Å². The van der Waals surface area contributed by atoms with Gasteiger partial charge < -0.3 is 19.9 Å². The maximum Gasteiger partial charge on any atom is 0.328 e. The Morgan fingerprint density at radius 3 is 2.67 bits per heavy atom. The maximum absolute atomic E-state index is 12.9. The summed E-state index contributed by atoms with van der Waals surface area (Å²) in [6, 6.07) is 16.2. The summed E-state index contributed by atoms with van der Waals surface area (Å²) in [6.45, 7) is 0.287. The van der Waals surface area contributed by atoms with Crippen molar-refractivity contribution in [3.05, 3.63) is 66.4 Å². The molecule has 0 bridgehead atoms. The molecule has 2 heterocycles. The van der Waals surface area contributed by atoms with E-state index in [0.29, 0.717) is 6.42 Å². The number of carbonyl (C=O) groups excluding carboxylic acids is 3. The highest BCUT2D eigenvalue weighted by Gasteiger charge is 2.36. The molecule has 1 aliphatic rings. The summed E-state index contributed by atoms with van der Waals surface area (Å²) in [6.07, 6.45) is 2.25. The van der Waals surface area contributed by atoms with Crippen LogP contribution in [0.2, 0.25) is 0 Å². The zero-order valence-electron chi connectivity index (χ0n) is 16.6. The van der Waals surface area contributed by atoms with Gasteiger partial charge in [0.1, 0.15) is 6.04 Å². The molecule has 2 N–H and O–H groups in total. The third-order valence-electron chi connectivity index (χ3n) is 5.46. The van der Waals surface area contributed by atoms with E-state index >= 15 is 0 Å². The zero-order chi connectivity index (χ0) is 21.1. The predicted octanol–water partition coefficient (Wildman–Crippen LogP) is 2.42. The summed E-state index contributed by atoms with van der Waals surface area (Å²) < 4.78 is 4.91. The molecule has 0 radical (unpaired) electrons. The van der Waals surface area contributed by atoms with Crippen LogP contribution < -0.4 is 10.2 Å². The molecule has 1 fully saturated rings. The van der Waals surface area contributed by atoms with Crippen LogP contribution in [0.4, 0.5) is 5.69 Å². The second-order valence-electron chi connectivity index (χ2n) is 7.39. The lowest BCUT2D eigenvalue weighted by Gasteiger charge is -2.19. The smallest absolute Gasteiger partial charge is 0.328 e. The number of methoxy groups -OCH3 is 1. The van der Waals surface area contributed by atoms with Gasteiger partial charge in [-0.3, -0.25) is 9.59 Å². The van der Waals surface area contributed by atoms with Gasteiger partial charge >= 0.3 is 5.97 Å². The Morgan fingerprint density at radius 1 is 1.17 bits per heavy atom. The zero-order valence-corrected chi connectivity index (χ0v) is 16.6. The quantitative estimate of drug-likeness (QED) is 0.616. The van der Waals surface area contributed by atoms with Crippen LogP contribution in [0.5, 0.6) is 0 Å². The maximum atomic E-state index is 12.9. The number of carbonyl (C=O) groups is 3. The normalized spacial score (nSPS) is 17.2. The van der Waals surface area contributed by atoms with Gasteiger partial charge in [0, 0.05) is 42.2 Å². The van der Waals surface area contributed by atoms with Crippen molar-refractivity contribution in [1.29, 1.82) is 0 Å². The summed E-state index contributed by atoms with van der Waals surface area (Å²) in [5.41, 5.74) is 2.64. The minimum atomic E-state index is -0.831. The molecule has 7 nitrogen and oxygen atoms in total. The number of ether oxygens (including phenoxy) is 1. The number of aromatic nitrogens is 1. The Balaban J connectivity index is 1.47. The first-order valence-corrected chi connectivity index (χ1v) is 9.85. The summed E-state index contributed by atoms with van der Waals surface area (Å²) in [4.78, 5) is 42.4. The van der Waals surface area contributed by atoms with Crippen LogP contribution in [-0.2, 0) is 25.5 Å². The number of nitrogens with one attached hydrogen (secondary N) is 2. The number of H-pyrrole nitrogens is 1. The molecule has 0 saturated carbocycles. The van der Waals surface area contributed by atoms with E-state index in [4.69, 9.17) is 4.74 Å². The second-order valence-corrected chi connectivity index (χ2v) is 7.39. The molecule has 1 aromatic heterocycles. The van der Waals surface area contributed by atoms with E-state index in [-0.39, 0.29) is 24.8 Å². The van der Waals surface area contributed by atoms with E-state index in [1.54, 1.807) is 4.90 Å². The number of fused-ring (bicyclic) bond motifs is 1. The molecule has 0 unspecified atom stereocenters. The summed E-state index contributed by atoms with van der Waals surface area (Å²) in [5.74, 6) is -1.46. The van der Waals surface area contributed by atoms with E-state index in [0.717, 1.165) is 22.2 Å². The van der Waals surface area contributed by atoms with Crippen LogP contribution in [0.1, 0.15) is 12.0 Å². The van der Waals surface area contributed by atoms with Gasteiger partial charge in [-0.1, -0.05) is 36.4 Å². The molecule has 2 amide bonds. The van der Waals surface area contributed by atoms with Gasteiger partial charge in [0.05, 0.1) is 13.0 Å². The van der Waals surface area contributed by atoms with Crippen molar-refractivity contribution in [1.82, 2.24) is 10.3 Å². The fraction of sp³-hybridized carbons (Fsp3) is 0.261. The highest BCUT2D eigenvalue weighted by atomic mass is 16.5. The van der Waals surface area contributed by atoms with Gasteiger partial charge in [-0.05, 0) is 23.8 Å². The molecule has 0 spiro atoms. The lowest BCUT2D eigenvalue weighted by molar-refractivity contribution is -0.145. The lowest BCUT2D eigenvalue weighted by Crippen LogP contribution is -2.46. The van der Waals surface area contributed by atoms with Crippen molar-refractivity contribution in [3.63, 3.8) is 0 Å². The molecule has 2 aromatic carbocycles. The summed E-state index contributed by atoms with van der Waals surface area (Å²) in [5, 5.41) is 3.79. The van der Waals surface area contributed by atoms with E-state index < -0.39 is 17.9 Å². The number of rotatable bonds is 6. The average molecular weight is 405 g/mol. The van der Waals surface area contributed by atoms with Crippen molar-refractivity contribution in [2.45, 2.75) is 18.9 Å². The van der Waals surface area contributed by atoms with E-state index in [2.05, 4.69) is 10.3 Å². The number of hydrogen-bond donors (Lipinski definition) is 2. The van der Waals surface area contributed by atoms with Crippen molar-refractivity contribution >= 4 is 34.4 Å². The first-order chi connectivity index (χ1) is 14.6. The van der Waals surface area contributed by atoms with Gasteiger partial charge in [-0.25, -0.2) is 4.79 Å². The van der Waals surface area contributed by atoms with Crippen molar-refractivity contribution in [3.8, 4) is 0 Å². The van der Waals surface area contributed by atoms with Gasteiger partial charge in [-0.15, -0.1) is 0 Å². The average Bonchev–Trinajstić information content (AvgIpc) is 3.37. The Bertz CT molecular complexity index is 1080. The van der Waals surface area contributed by atoms with E-state index in [1.165, 1.54) is 7.11 Å². The predicted molar refractivity (Wildman–Crippen MR) is 113 cm³/mol. The van der Waals surface area contributed by atoms with Gasteiger partial charge in [0.15, 0.2) is 0 Å². The number of nitrogens with zero attached hydrogens (tertiary/aromatic N) is 1. The second kappa shape index (κ2) is 8.41. The van der Waals surface area contributed by atoms with Crippen LogP contribution in [-0.4, -0.2) is 42.5 Å². The molecular formula is C23H23N3O4. The molecule has 1 aliphatic heterocycles. The molecule has 30 heavy (non-hydrogen) atoms. The fourth-order valence-electron chi connectivity index (χ4n) is 3.89. The van der Waals surface area contributed by atoms with Crippen LogP contribution >= 0.6 is 0 Å². The standard InChI is InChI=1S/C23H23N3O4/c1-30-23(29)20(11-15-13-24-19-10-6-5-9-18(15)19)25-22(28)16-12-21(27)26(14-16)17-7-3-2-4-8-17/h2-10,13,16,20,24H,11-12,14H2,1H3,(H,25,28)/t16-,20-/m1/s1. The number of anilines is 1. The van der Waals surface area contributed by atoms with Crippen LogP contribution in [0, 0.1) is 5.92 Å². The van der Waals surface area contributed by atoms with Crippen LogP contribution in [0.25, 0.3) is 10.9 Å². The number of esters is 1. The summed E-state index contributed by atoms with van der Waals surface area (Å²) in [7, 11) is 1.30. The molecule has 154 valence electrons. The number of benzene rings is 2. The minimum Gasteiger partial charge on any atom is -0.467 e. The first-order valence-electron chi connectivity index (χ1n) is 9.85. The Kier molecular flexibility index (Phi) is 5.52. The van der Waals surface area contributed by atoms with Gasteiger partial charge in [0.2, 0.25) is 11.8 Å². The van der Waals surface area contributed by atoms with Gasteiger partial charge in [-0.2, -0.15) is 0 Å². The number of para-hydroxylation sites is 2. The fourth-order valence-corrected chi connectivity index (χ4v) is 3.89. The molecule has 1 saturated heterocycles. The number of amides is 2. The van der Waals surface area contributed by atoms with Crippen molar-refractivity contribution < 1.29 is 19.1 Å². The lowest BCUT2D eigenvalue weighted by atomic mass is 10.0. The molecular weight excluding hydrogens is 382 g/mol. The topological polar surface area (TPSA) is 91.5 Å². The monoisotopic (exact) mass is 405 g/mol. The molecule has 0 aliphatic carbocycles. The first kappa shape index (κ1) is 19.7. The van der Waals surface area contributed by atoms with Crippen molar-refractivity contribution in [2.24, 2.45) is 5.92 Å². The molecule has 7 heteroatoms. The third kappa shape index (κ3) is 3.91. The highest BCUT2D eigenvalue weighted by molar-refractivity contribution is 6.01. The number of aromatic amines is 1. The molecule has 2 atom stereocenters. The van der Waals surface area contributed by atoms with Crippen molar-refractivity contribution in [2.75, 3.05) is 18.6 Å². The van der Waals surface area contributed by atoms with E-state index in [1.807, 2.05) is 60.8 Å². The largest absolute Gasteiger partial charge is 0.467 e. The Morgan fingerprint density at radius 2 is 1.90 bits per heavy atom. The van der Waals surface area contributed by atoms with Crippen LogP contribution in [0.3, 0.4) is 0 Å². The minimum absolute atomic E-state index is 0.104. The number of hydrogen-bond acceptors (Lipinski definition) is 4. The SMILES string of the molecule is COC(=O)[C@@H](Cc1c[nH]c2ccccc12)NC(=O)[C@@H]1CC(=O)N(c2ccccc2)C1. The summed E-state index contributed by atoms with van der Waals surface area (Å²) >= 11 is 0. The molecule has 4 rings (SSSR count).